The normalized spacial score (nSPS) is 18.2. The molecule has 0 radical (unpaired) electrons. The fourth-order valence-electron chi connectivity index (χ4n) is 1.87. The van der Waals surface area contributed by atoms with Crippen molar-refractivity contribution in [2.24, 2.45) is 0 Å². The van der Waals surface area contributed by atoms with Crippen LogP contribution in [-0.4, -0.2) is 38.2 Å². The van der Waals surface area contributed by atoms with E-state index in [2.05, 4.69) is 5.32 Å². The molecule has 1 N–H and O–H groups in total. The minimum Gasteiger partial charge on any atom is -0.346 e. The predicted molar refractivity (Wildman–Crippen MR) is 59.9 cm³/mol. The van der Waals surface area contributed by atoms with Crippen LogP contribution in [0.2, 0.25) is 0 Å². The summed E-state index contributed by atoms with van der Waals surface area (Å²) in [5, 5.41) is 2.61. The number of carbonyl (C=O) groups is 2. The van der Waals surface area contributed by atoms with E-state index in [0.29, 0.717) is 11.1 Å². The highest BCUT2D eigenvalue weighted by molar-refractivity contribution is 6.12. The smallest absolute Gasteiger partial charge is 0.252 e. The number of rotatable bonds is 2. The maximum absolute atomic E-state index is 12.3. The fourth-order valence-corrected chi connectivity index (χ4v) is 1.87. The van der Waals surface area contributed by atoms with Gasteiger partial charge in [0.2, 0.25) is 5.78 Å². The molecule has 0 aromatic heterocycles. The van der Waals surface area contributed by atoms with Crippen LogP contribution in [0.4, 0.5) is 0 Å². The van der Waals surface area contributed by atoms with Crippen molar-refractivity contribution in [3.8, 4) is 0 Å². The number of ether oxygens (including phenoxy) is 2. The average molecular weight is 235 g/mol. The zero-order chi connectivity index (χ0) is 12.5. The first-order chi connectivity index (χ1) is 8.14. The molecular formula is C12H13NO4. The van der Waals surface area contributed by atoms with Crippen molar-refractivity contribution < 1.29 is 19.1 Å². The molecule has 0 unspecified atom stereocenters. The highest BCUT2D eigenvalue weighted by Crippen LogP contribution is 2.23. The number of ketones is 1. The number of benzene rings is 1. The molecule has 90 valence electrons. The minimum absolute atomic E-state index is 0.00759. The van der Waals surface area contributed by atoms with Gasteiger partial charge in [-0.1, -0.05) is 18.2 Å². The van der Waals surface area contributed by atoms with Crippen molar-refractivity contribution in [3.63, 3.8) is 0 Å². The third-order valence-electron chi connectivity index (χ3n) is 2.90. The van der Waals surface area contributed by atoms with E-state index < -0.39 is 5.79 Å². The van der Waals surface area contributed by atoms with Crippen LogP contribution in [0.15, 0.2) is 24.3 Å². The second-order valence-electron chi connectivity index (χ2n) is 3.72. The molecule has 0 spiro atoms. The highest BCUT2D eigenvalue weighted by Gasteiger charge is 2.43. The van der Waals surface area contributed by atoms with Gasteiger partial charge in [-0.15, -0.1) is 0 Å². The van der Waals surface area contributed by atoms with Crippen molar-refractivity contribution in [3.05, 3.63) is 35.4 Å². The van der Waals surface area contributed by atoms with Crippen molar-refractivity contribution in [1.82, 2.24) is 5.32 Å². The van der Waals surface area contributed by atoms with Crippen molar-refractivity contribution in [2.45, 2.75) is 5.79 Å². The molecule has 0 saturated carbocycles. The summed E-state index contributed by atoms with van der Waals surface area (Å²) in [6.45, 7) is -0.00759. The molecule has 0 fully saturated rings. The Hall–Kier alpha value is -1.72. The van der Waals surface area contributed by atoms with Crippen molar-refractivity contribution in [2.75, 3.05) is 20.8 Å². The summed E-state index contributed by atoms with van der Waals surface area (Å²) in [5.74, 6) is -2.09. The number of methoxy groups -OCH3 is 2. The predicted octanol–water partition coefficient (Wildman–Crippen LogP) is 0.602. The molecule has 0 atom stereocenters. The van der Waals surface area contributed by atoms with E-state index in [-0.39, 0.29) is 18.2 Å². The summed E-state index contributed by atoms with van der Waals surface area (Å²) in [5.41, 5.74) is 0.652. The minimum atomic E-state index is -1.44. The molecular weight excluding hydrogens is 222 g/mol. The second-order valence-corrected chi connectivity index (χ2v) is 3.72. The zero-order valence-electron chi connectivity index (χ0n) is 9.65. The Morgan fingerprint density at radius 1 is 1.12 bits per heavy atom. The van der Waals surface area contributed by atoms with Gasteiger partial charge < -0.3 is 14.8 Å². The fraction of sp³-hybridized carbons (Fsp3) is 0.333. The van der Waals surface area contributed by atoms with Gasteiger partial charge in [0, 0.05) is 19.8 Å². The molecule has 5 nitrogen and oxygen atoms in total. The topological polar surface area (TPSA) is 64.6 Å². The average Bonchev–Trinajstić information content (AvgIpc) is 2.49. The number of carbonyl (C=O) groups excluding carboxylic acids is 2. The third-order valence-corrected chi connectivity index (χ3v) is 2.90. The zero-order valence-corrected chi connectivity index (χ0v) is 9.65. The summed E-state index contributed by atoms with van der Waals surface area (Å²) in [6.07, 6.45) is 0. The molecule has 0 saturated heterocycles. The molecule has 0 bridgehead atoms. The van der Waals surface area contributed by atoms with Gasteiger partial charge in [-0.2, -0.15) is 0 Å². The van der Waals surface area contributed by atoms with Crippen LogP contribution in [0.3, 0.4) is 0 Å². The molecule has 1 aromatic rings. The summed E-state index contributed by atoms with van der Waals surface area (Å²) in [7, 11) is 2.75. The van der Waals surface area contributed by atoms with Crippen LogP contribution < -0.4 is 5.32 Å². The van der Waals surface area contributed by atoms with Gasteiger partial charge in [-0.3, -0.25) is 9.59 Å². The van der Waals surface area contributed by atoms with Crippen LogP contribution in [0.25, 0.3) is 0 Å². The van der Waals surface area contributed by atoms with Gasteiger partial charge in [0.1, 0.15) is 0 Å². The molecule has 5 heteroatoms. The molecule has 1 aliphatic heterocycles. The highest BCUT2D eigenvalue weighted by atomic mass is 16.7. The molecule has 1 heterocycles. The standard InChI is InChI=1S/C12H13NO4/c1-16-12(17-2)7-13-11(15)9-6-4-3-5-8(9)10(12)14/h3-6H,7H2,1-2H3,(H,13,15). The van der Waals surface area contributed by atoms with Gasteiger partial charge in [-0.25, -0.2) is 0 Å². The lowest BCUT2D eigenvalue weighted by Gasteiger charge is -2.27. The summed E-state index contributed by atoms with van der Waals surface area (Å²) in [4.78, 5) is 24.1. The van der Waals surface area contributed by atoms with E-state index in [0.717, 1.165) is 0 Å². The Morgan fingerprint density at radius 3 is 2.29 bits per heavy atom. The van der Waals surface area contributed by atoms with Crippen molar-refractivity contribution >= 4 is 11.7 Å². The summed E-state index contributed by atoms with van der Waals surface area (Å²) < 4.78 is 10.3. The molecule has 1 aliphatic rings. The van der Waals surface area contributed by atoms with E-state index >= 15 is 0 Å². The van der Waals surface area contributed by atoms with E-state index in [1.165, 1.54) is 14.2 Å². The van der Waals surface area contributed by atoms with Gasteiger partial charge >= 0.3 is 0 Å². The first-order valence-corrected chi connectivity index (χ1v) is 5.17. The monoisotopic (exact) mass is 235 g/mol. The van der Waals surface area contributed by atoms with Gasteiger partial charge in [0.25, 0.3) is 11.7 Å². The Kier molecular flexibility index (Phi) is 2.95. The molecule has 2 rings (SSSR count). The molecule has 17 heavy (non-hydrogen) atoms. The maximum atomic E-state index is 12.3. The van der Waals surface area contributed by atoms with Crippen LogP contribution in [0.1, 0.15) is 20.7 Å². The van der Waals surface area contributed by atoms with Crippen LogP contribution >= 0.6 is 0 Å². The van der Waals surface area contributed by atoms with E-state index in [1.807, 2.05) is 0 Å². The first kappa shape index (κ1) is 11.8. The number of hydrogen-bond acceptors (Lipinski definition) is 4. The Morgan fingerprint density at radius 2 is 1.71 bits per heavy atom. The Bertz CT molecular complexity index is 465. The Balaban J connectivity index is 2.58. The van der Waals surface area contributed by atoms with Crippen LogP contribution in [0.5, 0.6) is 0 Å². The SMILES string of the molecule is COC1(OC)CNC(=O)c2ccccc2C1=O. The van der Waals surface area contributed by atoms with Crippen molar-refractivity contribution in [1.29, 1.82) is 0 Å². The van der Waals surface area contributed by atoms with Crippen LogP contribution in [-0.2, 0) is 9.47 Å². The lowest BCUT2D eigenvalue weighted by Crippen LogP contribution is -2.49. The largest absolute Gasteiger partial charge is 0.346 e. The van der Waals surface area contributed by atoms with Crippen LogP contribution in [0, 0.1) is 0 Å². The van der Waals surface area contributed by atoms with Gasteiger partial charge in [0.05, 0.1) is 12.1 Å². The number of Topliss-reactive ketones (excluding diaryl/α,β-unsaturated/α-hetero) is 1. The third kappa shape index (κ3) is 1.73. The molecule has 1 amide bonds. The lowest BCUT2D eigenvalue weighted by molar-refractivity contribution is -0.163. The number of fused-ring (bicyclic) bond motifs is 1. The number of amides is 1. The second kappa shape index (κ2) is 4.27. The van der Waals surface area contributed by atoms with Gasteiger partial charge in [-0.05, 0) is 6.07 Å². The van der Waals surface area contributed by atoms with E-state index in [1.54, 1.807) is 24.3 Å². The first-order valence-electron chi connectivity index (χ1n) is 5.17. The summed E-state index contributed by atoms with van der Waals surface area (Å²) >= 11 is 0. The lowest BCUT2D eigenvalue weighted by atomic mass is 9.99. The van der Waals surface area contributed by atoms with E-state index in [4.69, 9.17) is 9.47 Å². The molecule has 1 aromatic carbocycles. The van der Waals surface area contributed by atoms with E-state index in [9.17, 15) is 9.59 Å². The Labute approximate surface area is 98.7 Å². The molecule has 0 aliphatic carbocycles. The number of nitrogens with one attached hydrogen (secondary N) is 1. The quantitative estimate of drug-likeness (QED) is 0.762. The number of hydrogen-bond donors (Lipinski definition) is 1. The summed E-state index contributed by atoms with van der Waals surface area (Å²) in [6, 6.07) is 6.60. The van der Waals surface area contributed by atoms with Gasteiger partial charge in [0.15, 0.2) is 0 Å². The maximum Gasteiger partial charge on any atom is 0.252 e.